The largest absolute Gasteiger partial charge is 0.496 e. The van der Waals surface area contributed by atoms with Crippen molar-refractivity contribution in [3.8, 4) is 5.75 Å². The zero-order valence-corrected chi connectivity index (χ0v) is 14.0. The highest BCUT2D eigenvalue weighted by Gasteiger charge is 2.28. The molecule has 0 saturated heterocycles. The van der Waals surface area contributed by atoms with Crippen molar-refractivity contribution < 1.29 is 14.3 Å². The first-order valence-corrected chi connectivity index (χ1v) is 7.60. The molecule has 8 heteroatoms. The lowest BCUT2D eigenvalue weighted by Crippen LogP contribution is -2.26. The molecule has 0 aliphatic carbocycles. The fraction of sp³-hybridized carbons (Fsp3) is 0.250. The van der Waals surface area contributed by atoms with E-state index in [0.717, 1.165) is 0 Å². The summed E-state index contributed by atoms with van der Waals surface area (Å²) in [6, 6.07) is 8.00. The van der Waals surface area contributed by atoms with Crippen molar-refractivity contribution in [1.82, 2.24) is 15.5 Å². The van der Waals surface area contributed by atoms with Gasteiger partial charge in [-0.15, -0.1) is 5.10 Å². The topological polar surface area (TPSA) is 107 Å². The summed E-state index contributed by atoms with van der Waals surface area (Å²) >= 11 is 5.73. The summed E-state index contributed by atoms with van der Waals surface area (Å²) in [6.45, 7) is 2.28. The van der Waals surface area contributed by atoms with Crippen LogP contribution in [0.15, 0.2) is 30.3 Å². The number of nitrogens with one attached hydrogen (secondary N) is 1. The molecule has 2 aromatic rings. The molecular weight excluding hydrogens is 332 g/mol. The van der Waals surface area contributed by atoms with E-state index in [1.165, 1.54) is 13.2 Å². The van der Waals surface area contributed by atoms with Gasteiger partial charge in [0.2, 0.25) is 5.91 Å². The third-order valence-corrected chi connectivity index (χ3v) is 3.58. The molecule has 2 amide bonds. The molecule has 1 aromatic heterocycles. The van der Waals surface area contributed by atoms with Gasteiger partial charge in [-0.05, 0) is 25.1 Å². The van der Waals surface area contributed by atoms with E-state index in [4.69, 9.17) is 22.1 Å². The van der Waals surface area contributed by atoms with E-state index < -0.39 is 11.8 Å². The molecule has 0 aliphatic heterocycles. The molecule has 126 valence electrons. The number of nitrogens with zero attached hydrogens (tertiary/aromatic N) is 2. The summed E-state index contributed by atoms with van der Waals surface area (Å²) < 4.78 is 5.38. The lowest BCUT2D eigenvalue weighted by molar-refractivity contribution is -0.118. The maximum absolute atomic E-state index is 12.2. The number of amides is 2. The smallest absolute Gasteiger partial charge is 0.255 e. The Balaban J connectivity index is 2.58. The Morgan fingerprint density at radius 3 is 2.58 bits per heavy atom. The summed E-state index contributed by atoms with van der Waals surface area (Å²) in [5.74, 6) is -1.59. The number of para-hydroxylation sites is 1. The zero-order chi connectivity index (χ0) is 17.7. The molecule has 0 radical (unpaired) electrons. The van der Waals surface area contributed by atoms with Crippen LogP contribution in [-0.4, -0.2) is 35.7 Å². The molecule has 24 heavy (non-hydrogen) atoms. The number of methoxy groups -OCH3 is 1. The van der Waals surface area contributed by atoms with E-state index in [0.29, 0.717) is 23.4 Å². The number of primary amides is 1. The van der Waals surface area contributed by atoms with E-state index in [1.807, 2.05) is 6.92 Å². The zero-order valence-electron chi connectivity index (χ0n) is 13.2. The highest BCUT2D eigenvalue weighted by atomic mass is 35.5. The monoisotopic (exact) mass is 348 g/mol. The molecule has 1 unspecified atom stereocenters. The van der Waals surface area contributed by atoms with Crippen LogP contribution < -0.4 is 15.8 Å². The second-order valence-electron chi connectivity index (χ2n) is 4.90. The van der Waals surface area contributed by atoms with Gasteiger partial charge in [0.25, 0.3) is 5.91 Å². The Kier molecular flexibility index (Phi) is 5.70. The van der Waals surface area contributed by atoms with Crippen molar-refractivity contribution >= 4 is 23.4 Å². The molecule has 7 nitrogen and oxygen atoms in total. The van der Waals surface area contributed by atoms with E-state index in [1.54, 1.807) is 24.3 Å². The summed E-state index contributed by atoms with van der Waals surface area (Å²) in [4.78, 5) is 24.2. The predicted octanol–water partition coefficient (Wildman–Crippen LogP) is 1.51. The third kappa shape index (κ3) is 3.62. The van der Waals surface area contributed by atoms with E-state index >= 15 is 0 Å². The molecule has 0 aliphatic rings. The number of ether oxygens (including phenoxy) is 1. The van der Waals surface area contributed by atoms with Gasteiger partial charge in [-0.1, -0.05) is 23.7 Å². The molecule has 1 heterocycles. The Morgan fingerprint density at radius 2 is 2.04 bits per heavy atom. The first-order valence-electron chi connectivity index (χ1n) is 7.23. The molecule has 3 N–H and O–H groups in total. The molecular formula is C16H17ClN4O3. The molecule has 0 saturated carbocycles. The average molecular weight is 349 g/mol. The second-order valence-corrected chi connectivity index (χ2v) is 5.29. The van der Waals surface area contributed by atoms with Gasteiger partial charge in [0.1, 0.15) is 11.7 Å². The van der Waals surface area contributed by atoms with Crippen molar-refractivity contribution in [3.05, 3.63) is 52.3 Å². The second kappa shape index (κ2) is 7.74. The summed E-state index contributed by atoms with van der Waals surface area (Å²) in [5, 5.41) is 10.6. The number of nitrogens with two attached hydrogens (primary N) is 1. The van der Waals surface area contributed by atoms with Crippen molar-refractivity contribution in [2.75, 3.05) is 13.7 Å². The van der Waals surface area contributed by atoms with Crippen LogP contribution in [0.4, 0.5) is 0 Å². The Labute approximate surface area is 144 Å². The van der Waals surface area contributed by atoms with Gasteiger partial charge in [-0.3, -0.25) is 9.59 Å². The maximum Gasteiger partial charge on any atom is 0.255 e. The van der Waals surface area contributed by atoms with Gasteiger partial charge in [0.15, 0.2) is 5.15 Å². The van der Waals surface area contributed by atoms with Crippen molar-refractivity contribution in [2.24, 2.45) is 5.73 Å². The molecule has 0 bridgehead atoms. The molecule has 1 aromatic carbocycles. The van der Waals surface area contributed by atoms with Crippen LogP contribution in [-0.2, 0) is 4.79 Å². The Bertz CT molecular complexity index is 749. The van der Waals surface area contributed by atoms with Gasteiger partial charge in [-0.2, -0.15) is 5.10 Å². The molecule has 0 fully saturated rings. The molecule has 1 atom stereocenters. The molecule has 0 spiro atoms. The van der Waals surface area contributed by atoms with Gasteiger partial charge in [-0.25, -0.2) is 0 Å². The van der Waals surface area contributed by atoms with Gasteiger partial charge in [0.05, 0.1) is 18.4 Å². The summed E-state index contributed by atoms with van der Waals surface area (Å²) in [7, 11) is 1.42. The van der Waals surface area contributed by atoms with E-state index in [2.05, 4.69) is 15.5 Å². The fourth-order valence-corrected chi connectivity index (χ4v) is 2.48. The van der Waals surface area contributed by atoms with Gasteiger partial charge < -0.3 is 15.8 Å². The number of carbonyl (C=O) groups excluding carboxylic acids is 2. The number of benzene rings is 1. The minimum Gasteiger partial charge on any atom is -0.496 e. The van der Waals surface area contributed by atoms with Gasteiger partial charge >= 0.3 is 0 Å². The lowest BCUT2D eigenvalue weighted by atomic mass is 9.92. The van der Waals surface area contributed by atoms with E-state index in [9.17, 15) is 9.59 Å². The van der Waals surface area contributed by atoms with Crippen molar-refractivity contribution in [1.29, 1.82) is 0 Å². The molecule has 2 rings (SSSR count). The normalized spacial score (nSPS) is 11.6. The fourth-order valence-electron chi connectivity index (χ4n) is 2.38. The highest BCUT2D eigenvalue weighted by Crippen LogP contribution is 2.33. The van der Waals surface area contributed by atoms with Crippen LogP contribution in [0.5, 0.6) is 5.75 Å². The first-order chi connectivity index (χ1) is 11.5. The van der Waals surface area contributed by atoms with Crippen LogP contribution in [0.1, 0.15) is 34.5 Å². The van der Waals surface area contributed by atoms with Crippen LogP contribution in [0.2, 0.25) is 5.15 Å². The number of rotatable bonds is 6. The first kappa shape index (κ1) is 17.7. The summed E-state index contributed by atoms with van der Waals surface area (Å²) in [5.41, 5.74) is 6.62. The third-order valence-electron chi connectivity index (χ3n) is 3.38. The number of hydrogen-bond donors (Lipinski definition) is 2. The Hall–Kier alpha value is -2.67. The number of aromatic nitrogens is 2. The summed E-state index contributed by atoms with van der Waals surface area (Å²) in [6.07, 6.45) is 0. The quantitative estimate of drug-likeness (QED) is 0.822. The number of carbonyl (C=O) groups is 2. The minimum atomic E-state index is -0.918. The van der Waals surface area contributed by atoms with Crippen LogP contribution >= 0.6 is 11.6 Å². The Morgan fingerprint density at radius 1 is 1.29 bits per heavy atom. The number of hydrogen-bond acceptors (Lipinski definition) is 5. The minimum absolute atomic E-state index is 0.199. The number of halogens is 1. The standard InChI is InChI=1S/C16H17ClN4O3/c1-3-19-16(23)10-6-4-5-9(14(10)24-2)13(15(18)22)11-7-8-12(17)21-20-11/h4-8,13H,3H2,1-2H3,(H2,18,22)(H,19,23). The van der Waals surface area contributed by atoms with Crippen LogP contribution in [0.25, 0.3) is 0 Å². The van der Waals surface area contributed by atoms with Crippen LogP contribution in [0, 0.1) is 0 Å². The van der Waals surface area contributed by atoms with E-state index in [-0.39, 0.29) is 16.8 Å². The van der Waals surface area contributed by atoms with Gasteiger partial charge in [0, 0.05) is 12.1 Å². The lowest BCUT2D eigenvalue weighted by Gasteiger charge is -2.18. The van der Waals surface area contributed by atoms with Crippen LogP contribution in [0.3, 0.4) is 0 Å². The average Bonchev–Trinajstić information content (AvgIpc) is 2.56. The van der Waals surface area contributed by atoms with Crippen molar-refractivity contribution in [3.63, 3.8) is 0 Å². The highest BCUT2D eigenvalue weighted by molar-refractivity contribution is 6.29. The maximum atomic E-state index is 12.2. The van der Waals surface area contributed by atoms with Crippen molar-refractivity contribution in [2.45, 2.75) is 12.8 Å². The SMILES string of the molecule is CCNC(=O)c1cccc(C(C(N)=O)c2ccc(Cl)nn2)c1OC. The predicted molar refractivity (Wildman–Crippen MR) is 89.1 cm³/mol.